The van der Waals surface area contributed by atoms with Crippen LogP contribution in [0.4, 0.5) is 13.2 Å². The normalized spacial score (nSPS) is 12.5. The minimum Gasteiger partial charge on any atom is -0.278 e. The number of halogens is 3. The van der Waals surface area contributed by atoms with Gasteiger partial charge in [0.15, 0.2) is 12.4 Å². The third-order valence-corrected chi connectivity index (χ3v) is 1.56. The molecule has 9 heteroatoms. The van der Waals surface area contributed by atoms with Gasteiger partial charge in [-0.15, -0.1) is 0 Å². The molecule has 0 aromatic carbocycles. The average molecular weight is 218 g/mol. The van der Waals surface area contributed by atoms with Gasteiger partial charge in [-0.1, -0.05) is 4.89 Å². The van der Waals surface area contributed by atoms with E-state index in [0.29, 0.717) is 0 Å². The van der Waals surface area contributed by atoms with Crippen LogP contribution in [0.5, 0.6) is 0 Å². The van der Waals surface area contributed by atoms with Gasteiger partial charge in [-0.25, -0.2) is 8.42 Å². The van der Waals surface area contributed by atoms with E-state index in [1.165, 1.54) is 6.07 Å². The molecule has 0 aliphatic rings. The highest BCUT2D eigenvalue weighted by molar-refractivity contribution is 7.89. The third kappa shape index (κ3) is 7.51. The summed E-state index contributed by atoms with van der Waals surface area (Å²) in [6.45, 7) is -1.74. The van der Waals surface area contributed by atoms with E-state index in [9.17, 15) is 21.6 Å². The summed E-state index contributed by atoms with van der Waals surface area (Å²) in [5, 5.41) is 7.91. The molecule has 0 aliphatic carbocycles. The van der Waals surface area contributed by atoms with Crippen molar-refractivity contribution in [1.82, 2.24) is 4.89 Å². The number of nitrogens with one attached hydrogen (secondary N) is 1. The van der Waals surface area contributed by atoms with Gasteiger partial charge < -0.3 is 0 Å². The second kappa shape index (κ2) is 4.40. The van der Waals surface area contributed by atoms with Crippen LogP contribution >= 0.6 is 0 Å². The predicted molar refractivity (Wildman–Crippen MR) is 34.5 cm³/mol. The van der Waals surface area contributed by atoms with Crippen molar-refractivity contribution in [2.45, 2.75) is 6.18 Å². The minimum absolute atomic E-state index is 0.954. The quantitative estimate of drug-likeness (QED) is 0.669. The lowest BCUT2D eigenvalue weighted by Crippen LogP contribution is -2.30. The highest BCUT2D eigenvalue weighted by Gasteiger charge is 2.28. The summed E-state index contributed by atoms with van der Waals surface area (Å²) >= 11 is 0. The topological polar surface area (TPSA) is 79.2 Å². The summed E-state index contributed by atoms with van der Waals surface area (Å²) in [7, 11) is -4.09. The van der Waals surface area contributed by atoms with E-state index in [1.807, 2.05) is 0 Å². The van der Waals surface area contributed by atoms with Crippen LogP contribution in [0.1, 0.15) is 0 Å². The zero-order chi connectivity index (χ0) is 10.5. The van der Waals surface area contributed by atoms with Crippen LogP contribution in [0.3, 0.4) is 0 Å². The smallest absolute Gasteiger partial charge is 0.278 e. The van der Waals surface area contributed by atoms with E-state index in [2.05, 4.69) is 4.84 Å². The van der Waals surface area contributed by atoms with Gasteiger partial charge >= 0.3 is 6.18 Å². The third-order valence-electron chi connectivity index (χ3n) is 0.676. The van der Waals surface area contributed by atoms with Gasteiger partial charge in [0.2, 0.25) is 10.0 Å². The maximum atomic E-state index is 11.4. The van der Waals surface area contributed by atoms with Crippen molar-refractivity contribution in [1.29, 1.82) is 5.26 Å². The molecule has 0 fully saturated rings. The molecule has 5 nitrogen and oxygen atoms in total. The van der Waals surface area contributed by atoms with Crippen molar-refractivity contribution in [3.63, 3.8) is 0 Å². The van der Waals surface area contributed by atoms with Gasteiger partial charge in [0.1, 0.15) is 0 Å². The van der Waals surface area contributed by atoms with Crippen LogP contribution in [0, 0.1) is 11.3 Å². The van der Waals surface area contributed by atoms with Crippen molar-refractivity contribution in [2.75, 3.05) is 12.4 Å². The zero-order valence-electron chi connectivity index (χ0n) is 6.13. The molecule has 0 radical (unpaired) electrons. The molecule has 0 unspecified atom stereocenters. The fourth-order valence-electron chi connectivity index (χ4n) is 0.316. The lowest BCUT2D eigenvalue weighted by atomic mass is 10.7. The Bertz CT molecular complexity index is 291. The fourth-order valence-corrected chi connectivity index (χ4v) is 0.783. The highest BCUT2D eigenvalue weighted by Crippen LogP contribution is 2.13. The van der Waals surface area contributed by atoms with Crippen molar-refractivity contribution >= 4 is 10.0 Å². The Kier molecular flexibility index (Phi) is 4.12. The summed E-state index contributed by atoms with van der Waals surface area (Å²) in [6, 6.07) is 1.24. The average Bonchev–Trinajstić information content (AvgIpc) is 1.82. The number of alkyl halides is 3. The van der Waals surface area contributed by atoms with Crippen molar-refractivity contribution in [3.05, 3.63) is 0 Å². The second-order valence-electron chi connectivity index (χ2n) is 1.90. The first-order chi connectivity index (χ1) is 5.77. The lowest BCUT2D eigenvalue weighted by molar-refractivity contribution is -0.181. The van der Waals surface area contributed by atoms with Crippen LogP contribution in [-0.4, -0.2) is 27.0 Å². The first-order valence-corrected chi connectivity index (χ1v) is 4.47. The molecule has 0 aromatic rings. The molecule has 0 spiro atoms. The molecule has 0 heterocycles. The molecule has 0 aliphatic heterocycles. The molecule has 0 amide bonds. The first kappa shape index (κ1) is 12.2. The second-order valence-corrected chi connectivity index (χ2v) is 3.59. The van der Waals surface area contributed by atoms with Gasteiger partial charge in [0, 0.05) is 0 Å². The number of sulfonamides is 1. The highest BCUT2D eigenvalue weighted by atomic mass is 32.2. The van der Waals surface area contributed by atoms with Crippen LogP contribution in [0.2, 0.25) is 0 Å². The van der Waals surface area contributed by atoms with Crippen LogP contribution in [-0.2, 0) is 14.9 Å². The zero-order valence-corrected chi connectivity index (χ0v) is 6.94. The molecule has 1 N–H and O–H groups in total. The van der Waals surface area contributed by atoms with Gasteiger partial charge in [0.25, 0.3) is 0 Å². The number of hydrogen-bond acceptors (Lipinski definition) is 4. The van der Waals surface area contributed by atoms with Crippen molar-refractivity contribution in [3.8, 4) is 6.07 Å². The Labute approximate surface area is 72.1 Å². The molecule has 0 saturated carbocycles. The first-order valence-electron chi connectivity index (χ1n) is 2.82. The van der Waals surface area contributed by atoms with Crippen molar-refractivity contribution in [2.24, 2.45) is 0 Å². The molecule has 0 saturated heterocycles. The summed E-state index contributed by atoms with van der Waals surface area (Å²) in [5.41, 5.74) is 0. The molecule has 0 aromatic heterocycles. The molecular formula is C4H5F3N2O3S. The SMILES string of the molecule is N#CCS(=O)(=O)NOCC(F)(F)F. The molecule has 0 bridgehead atoms. The predicted octanol–water partition coefficient (Wildman–Crippen LogP) is -0.0767. The van der Waals surface area contributed by atoms with Crippen LogP contribution in [0.25, 0.3) is 0 Å². The Morgan fingerprint density at radius 1 is 1.46 bits per heavy atom. The Balaban J connectivity index is 3.86. The molecule has 0 atom stereocenters. The standard InChI is InChI=1S/C4H5F3N2O3S/c5-4(6,7)3-12-9-13(10,11)2-1-8/h9H,2-3H2. The maximum Gasteiger partial charge on any atom is 0.413 e. The maximum absolute atomic E-state index is 11.4. The van der Waals surface area contributed by atoms with E-state index < -0.39 is 28.6 Å². The largest absolute Gasteiger partial charge is 0.413 e. The van der Waals surface area contributed by atoms with E-state index >= 15 is 0 Å². The monoisotopic (exact) mass is 218 g/mol. The number of hydrogen-bond donors (Lipinski definition) is 1. The van der Waals surface area contributed by atoms with E-state index in [4.69, 9.17) is 5.26 Å². The van der Waals surface area contributed by atoms with Gasteiger partial charge in [-0.05, 0) is 0 Å². The molecule has 13 heavy (non-hydrogen) atoms. The summed E-state index contributed by atoms with van der Waals surface area (Å²) < 4.78 is 55.2. The van der Waals surface area contributed by atoms with Gasteiger partial charge in [-0.3, -0.25) is 4.84 Å². The fraction of sp³-hybridized carbons (Fsp3) is 0.750. The Hall–Kier alpha value is -0.850. The summed E-state index contributed by atoms with van der Waals surface area (Å²) in [6.07, 6.45) is -4.62. The van der Waals surface area contributed by atoms with Gasteiger partial charge in [0.05, 0.1) is 6.07 Å². The Morgan fingerprint density at radius 2 is 2.00 bits per heavy atom. The number of nitrogens with zero attached hydrogens (tertiary/aromatic N) is 1. The molecule has 0 rings (SSSR count). The minimum atomic E-state index is -4.62. The molecular weight excluding hydrogens is 213 g/mol. The van der Waals surface area contributed by atoms with E-state index in [0.717, 1.165) is 4.89 Å². The summed E-state index contributed by atoms with van der Waals surface area (Å²) in [4.78, 5) is 4.75. The van der Waals surface area contributed by atoms with Crippen LogP contribution < -0.4 is 4.89 Å². The Morgan fingerprint density at radius 3 is 2.38 bits per heavy atom. The number of rotatable bonds is 4. The van der Waals surface area contributed by atoms with Crippen LogP contribution in [0.15, 0.2) is 0 Å². The lowest BCUT2D eigenvalue weighted by Gasteiger charge is -2.06. The molecule has 76 valence electrons. The van der Waals surface area contributed by atoms with Gasteiger partial charge in [-0.2, -0.15) is 18.4 Å². The van der Waals surface area contributed by atoms with E-state index in [-0.39, 0.29) is 0 Å². The number of nitriles is 1. The van der Waals surface area contributed by atoms with E-state index in [1.54, 1.807) is 0 Å². The van der Waals surface area contributed by atoms with Crippen molar-refractivity contribution < 1.29 is 26.4 Å². The summed E-state index contributed by atoms with van der Waals surface area (Å²) in [5.74, 6) is -0.954.